The summed E-state index contributed by atoms with van der Waals surface area (Å²) < 4.78 is 10.7. The van der Waals surface area contributed by atoms with E-state index in [1.54, 1.807) is 6.20 Å². The SMILES string of the molecule is CCc1cccc(C)c1Nc1ccnc(Nc2ccc3c(c2)OCO3)n1. The lowest BCUT2D eigenvalue weighted by atomic mass is 10.1. The summed E-state index contributed by atoms with van der Waals surface area (Å²) in [5.41, 5.74) is 4.39. The van der Waals surface area contributed by atoms with Crippen molar-refractivity contribution < 1.29 is 9.47 Å². The van der Waals surface area contributed by atoms with Gasteiger partial charge >= 0.3 is 0 Å². The Labute approximate surface area is 152 Å². The summed E-state index contributed by atoms with van der Waals surface area (Å²) in [5, 5.41) is 6.63. The molecule has 0 fully saturated rings. The number of aromatic nitrogens is 2. The summed E-state index contributed by atoms with van der Waals surface area (Å²) in [6, 6.07) is 13.8. The van der Waals surface area contributed by atoms with E-state index in [1.807, 2.05) is 24.3 Å². The number of fused-ring (bicyclic) bond motifs is 1. The van der Waals surface area contributed by atoms with E-state index in [2.05, 4.69) is 52.6 Å². The van der Waals surface area contributed by atoms with Crippen molar-refractivity contribution in [2.45, 2.75) is 20.3 Å². The lowest BCUT2D eigenvalue weighted by Crippen LogP contribution is -2.03. The van der Waals surface area contributed by atoms with Gasteiger partial charge in [0.2, 0.25) is 12.7 Å². The van der Waals surface area contributed by atoms with Crippen molar-refractivity contribution in [3.63, 3.8) is 0 Å². The Balaban J connectivity index is 1.56. The molecule has 26 heavy (non-hydrogen) atoms. The fourth-order valence-corrected chi connectivity index (χ4v) is 2.92. The summed E-state index contributed by atoms with van der Waals surface area (Å²) in [6.45, 7) is 4.49. The lowest BCUT2D eigenvalue weighted by Gasteiger charge is -2.14. The van der Waals surface area contributed by atoms with Crippen LogP contribution < -0.4 is 20.1 Å². The second-order valence-electron chi connectivity index (χ2n) is 6.05. The summed E-state index contributed by atoms with van der Waals surface area (Å²) in [4.78, 5) is 8.87. The van der Waals surface area contributed by atoms with Gasteiger partial charge in [-0.05, 0) is 42.7 Å². The topological polar surface area (TPSA) is 68.3 Å². The number of hydrogen-bond acceptors (Lipinski definition) is 6. The molecule has 2 N–H and O–H groups in total. The first kappa shape index (κ1) is 16.2. The molecular formula is C20H20N4O2. The van der Waals surface area contributed by atoms with Crippen LogP contribution in [-0.4, -0.2) is 16.8 Å². The van der Waals surface area contributed by atoms with Gasteiger partial charge < -0.3 is 20.1 Å². The van der Waals surface area contributed by atoms with E-state index in [4.69, 9.17) is 9.47 Å². The molecule has 0 unspecified atom stereocenters. The molecule has 1 aromatic heterocycles. The van der Waals surface area contributed by atoms with E-state index >= 15 is 0 Å². The van der Waals surface area contributed by atoms with Crippen LogP contribution in [0.2, 0.25) is 0 Å². The molecule has 2 heterocycles. The standard InChI is InChI=1S/C20H20N4O2/c1-3-14-6-4-5-13(2)19(14)23-18-9-10-21-20(24-18)22-15-7-8-16-17(11-15)26-12-25-16/h4-11H,3,12H2,1-2H3,(H2,21,22,23,24). The van der Waals surface area contributed by atoms with Crippen LogP contribution in [-0.2, 0) is 6.42 Å². The number of aryl methyl sites for hydroxylation is 2. The highest BCUT2D eigenvalue weighted by atomic mass is 16.7. The summed E-state index contributed by atoms with van der Waals surface area (Å²) in [5.74, 6) is 2.73. The van der Waals surface area contributed by atoms with Gasteiger partial charge in [-0.3, -0.25) is 0 Å². The summed E-state index contributed by atoms with van der Waals surface area (Å²) in [6.07, 6.45) is 2.69. The van der Waals surface area contributed by atoms with Crippen LogP contribution in [0.15, 0.2) is 48.7 Å². The van der Waals surface area contributed by atoms with Crippen molar-refractivity contribution in [2.75, 3.05) is 17.4 Å². The number of nitrogens with one attached hydrogen (secondary N) is 2. The smallest absolute Gasteiger partial charge is 0.231 e. The number of rotatable bonds is 5. The van der Waals surface area contributed by atoms with Crippen LogP contribution in [0, 0.1) is 6.92 Å². The Morgan fingerprint density at radius 3 is 2.81 bits per heavy atom. The first-order valence-corrected chi connectivity index (χ1v) is 8.58. The maximum Gasteiger partial charge on any atom is 0.231 e. The molecule has 0 atom stereocenters. The number of nitrogens with zero attached hydrogens (tertiary/aromatic N) is 2. The minimum atomic E-state index is 0.255. The number of para-hydroxylation sites is 1. The zero-order valence-electron chi connectivity index (χ0n) is 14.7. The predicted molar refractivity (Wildman–Crippen MR) is 102 cm³/mol. The Bertz CT molecular complexity index is 943. The molecule has 1 aliphatic heterocycles. The molecule has 0 bridgehead atoms. The average molecular weight is 348 g/mol. The third kappa shape index (κ3) is 3.26. The van der Waals surface area contributed by atoms with Crippen LogP contribution in [0.4, 0.5) is 23.1 Å². The predicted octanol–water partition coefficient (Wildman–Crippen LogP) is 4.56. The molecule has 0 aliphatic carbocycles. The van der Waals surface area contributed by atoms with Gasteiger partial charge in [-0.15, -0.1) is 0 Å². The van der Waals surface area contributed by atoms with Gasteiger partial charge in [0.1, 0.15) is 5.82 Å². The number of benzene rings is 2. The quantitative estimate of drug-likeness (QED) is 0.704. The second-order valence-corrected chi connectivity index (χ2v) is 6.05. The van der Waals surface area contributed by atoms with Crippen LogP contribution in [0.3, 0.4) is 0 Å². The average Bonchev–Trinajstić information content (AvgIpc) is 3.11. The van der Waals surface area contributed by atoms with E-state index < -0.39 is 0 Å². The van der Waals surface area contributed by atoms with Crippen molar-refractivity contribution in [3.8, 4) is 11.5 Å². The van der Waals surface area contributed by atoms with Gasteiger partial charge in [-0.2, -0.15) is 4.98 Å². The molecule has 2 aromatic carbocycles. The lowest BCUT2D eigenvalue weighted by molar-refractivity contribution is 0.174. The largest absolute Gasteiger partial charge is 0.454 e. The Hall–Kier alpha value is -3.28. The van der Waals surface area contributed by atoms with Gasteiger partial charge in [-0.25, -0.2) is 4.98 Å². The molecule has 0 spiro atoms. The zero-order chi connectivity index (χ0) is 17.9. The Morgan fingerprint density at radius 1 is 1.04 bits per heavy atom. The first-order valence-electron chi connectivity index (χ1n) is 8.58. The van der Waals surface area contributed by atoms with Crippen molar-refractivity contribution in [3.05, 3.63) is 59.8 Å². The van der Waals surface area contributed by atoms with Gasteiger partial charge in [0.25, 0.3) is 0 Å². The molecule has 0 radical (unpaired) electrons. The first-order chi connectivity index (χ1) is 12.7. The fourth-order valence-electron chi connectivity index (χ4n) is 2.92. The van der Waals surface area contributed by atoms with Gasteiger partial charge in [0.05, 0.1) is 0 Å². The highest BCUT2D eigenvalue weighted by Crippen LogP contribution is 2.35. The zero-order valence-corrected chi connectivity index (χ0v) is 14.7. The molecule has 6 nitrogen and oxygen atoms in total. The number of hydrogen-bond donors (Lipinski definition) is 2. The van der Waals surface area contributed by atoms with Crippen molar-refractivity contribution in [2.24, 2.45) is 0 Å². The summed E-state index contributed by atoms with van der Waals surface area (Å²) >= 11 is 0. The minimum absolute atomic E-state index is 0.255. The van der Waals surface area contributed by atoms with Crippen molar-refractivity contribution in [1.82, 2.24) is 9.97 Å². The van der Waals surface area contributed by atoms with Crippen molar-refractivity contribution in [1.29, 1.82) is 0 Å². The van der Waals surface area contributed by atoms with E-state index in [-0.39, 0.29) is 6.79 Å². The molecular weight excluding hydrogens is 328 g/mol. The second kappa shape index (κ2) is 6.92. The number of ether oxygens (including phenoxy) is 2. The molecule has 4 rings (SSSR count). The molecule has 3 aromatic rings. The highest BCUT2D eigenvalue weighted by molar-refractivity contribution is 5.66. The van der Waals surface area contributed by atoms with Crippen LogP contribution >= 0.6 is 0 Å². The fraction of sp³-hybridized carbons (Fsp3) is 0.200. The van der Waals surface area contributed by atoms with Gasteiger partial charge in [-0.1, -0.05) is 25.1 Å². The summed E-state index contributed by atoms with van der Waals surface area (Å²) in [7, 11) is 0. The molecule has 0 saturated carbocycles. The maximum absolute atomic E-state index is 5.40. The third-order valence-electron chi connectivity index (χ3n) is 4.28. The van der Waals surface area contributed by atoms with Crippen LogP contribution in [0.25, 0.3) is 0 Å². The molecule has 0 amide bonds. The van der Waals surface area contributed by atoms with E-state index in [9.17, 15) is 0 Å². The van der Waals surface area contributed by atoms with Gasteiger partial charge in [0, 0.05) is 23.6 Å². The third-order valence-corrected chi connectivity index (χ3v) is 4.28. The Kier molecular flexibility index (Phi) is 4.31. The molecule has 6 heteroatoms. The van der Waals surface area contributed by atoms with Crippen LogP contribution in [0.1, 0.15) is 18.1 Å². The molecule has 1 aliphatic rings. The van der Waals surface area contributed by atoms with E-state index in [1.165, 1.54) is 11.1 Å². The van der Waals surface area contributed by atoms with Gasteiger partial charge in [0.15, 0.2) is 11.5 Å². The van der Waals surface area contributed by atoms with E-state index in [0.29, 0.717) is 5.95 Å². The number of anilines is 4. The minimum Gasteiger partial charge on any atom is -0.454 e. The normalized spacial score (nSPS) is 12.1. The van der Waals surface area contributed by atoms with Crippen molar-refractivity contribution >= 4 is 23.1 Å². The highest BCUT2D eigenvalue weighted by Gasteiger charge is 2.13. The molecule has 0 saturated heterocycles. The van der Waals surface area contributed by atoms with E-state index in [0.717, 1.165) is 35.1 Å². The molecule has 132 valence electrons. The monoisotopic (exact) mass is 348 g/mol. The maximum atomic E-state index is 5.40. The van der Waals surface area contributed by atoms with Crippen LogP contribution in [0.5, 0.6) is 11.5 Å². The Morgan fingerprint density at radius 2 is 1.92 bits per heavy atom.